The number of methoxy groups -OCH3 is 2. The minimum absolute atomic E-state index is 0.197. The summed E-state index contributed by atoms with van der Waals surface area (Å²) in [6.45, 7) is 1.80. The molecule has 3 aromatic carbocycles. The second-order valence-electron chi connectivity index (χ2n) is 7.77. The number of aryl methyl sites for hydroxylation is 1. The highest BCUT2D eigenvalue weighted by atomic mass is 16.5. The summed E-state index contributed by atoms with van der Waals surface area (Å²) in [4.78, 5) is 26.0. The minimum Gasteiger partial charge on any atom is -0.497 e. The maximum Gasteiger partial charge on any atom is 0.291 e. The Morgan fingerprint density at radius 2 is 1.68 bits per heavy atom. The van der Waals surface area contributed by atoms with Crippen LogP contribution in [0, 0.1) is 6.92 Å². The third kappa shape index (κ3) is 3.67. The van der Waals surface area contributed by atoms with Crippen LogP contribution in [-0.2, 0) is 0 Å². The molecule has 0 unspecified atom stereocenters. The van der Waals surface area contributed by atoms with Crippen molar-refractivity contribution in [3.63, 3.8) is 0 Å². The zero-order valence-corrected chi connectivity index (χ0v) is 18.8. The van der Waals surface area contributed by atoms with Gasteiger partial charge in [-0.3, -0.25) is 9.59 Å². The Morgan fingerprint density at radius 1 is 0.853 bits per heavy atom. The maximum absolute atomic E-state index is 13.3. The van der Waals surface area contributed by atoms with Crippen LogP contribution in [0.2, 0.25) is 0 Å². The molecular weight excluding hydrogens is 434 g/mol. The molecule has 0 aliphatic rings. The van der Waals surface area contributed by atoms with Gasteiger partial charge in [0.25, 0.3) is 5.91 Å². The van der Waals surface area contributed by atoms with Crippen LogP contribution in [-0.4, -0.2) is 25.9 Å². The summed E-state index contributed by atoms with van der Waals surface area (Å²) in [6, 6.07) is 19.3. The lowest BCUT2D eigenvalue weighted by Crippen LogP contribution is -2.10. The van der Waals surface area contributed by atoms with Crippen LogP contribution < -0.4 is 14.8 Å². The van der Waals surface area contributed by atoms with E-state index in [4.69, 9.17) is 18.3 Å². The van der Waals surface area contributed by atoms with Gasteiger partial charge in [-0.25, -0.2) is 0 Å². The number of amides is 1. The Morgan fingerprint density at radius 3 is 2.44 bits per heavy atom. The quantitative estimate of drug-likeness (QED) is 0.316. The molecule has 0 spiro atoms. The van der Waals surface area contributed by atoms with E-state index in [1.54, 1.807) is 49.4 Å². The Kier molecular flexibility index (Phi) is 5.30. The molecule has 0 fully saturated rings. The van der Waals surface area contributed by atoms with Gasteiger partial charge in [-0.05, 0) is 55.5 Å². The lowest BCUT2D eigenvalue weighted by Gasteiger charge is -2.08. The highest BCUT2D eigenvalue weighted by molar-refractivity contribution is 6.12. The predicted octanol–water partition coefficient (Wildman–Crippen LogP) is 5.99. The van der Waals surface area contributed by atoms with Gasteiger partial charge in [0.1, 0.15) is 22.7 Å². The van der Waals surface area contributed by atoms with Crippen molar-refractivity contribution < 1.29 is 27.9 Å². The predicted molar refractivity (Wildman–Crippen MR) is 128 cm³/mol. The number of anilines is 1. The Bertz CT molecular complexity index is 1530. The molecule has 5 rings (SSSR count). The molecule has 0 aliphatic heterocycles. The summed E-state index contributed by atoms with van der Waals surface area (Å²) in [6.07, 6.45) is 0. The van der Waals surface area contributed by atoms with Gasteiger partial charge in [-0.2, -0.15) is 0 Å². The lowest BCUT2D eigenvalue weighted by molar-refractivity contribution is 0.0994. The number of ether oxygens (including phenoxy) is 2. The van der Waals surface area contributed by atoms with Crippen molar-refractivity contribution >= 4 is 39.3 Å². The van der Waals surface area contributed by atoms with Crippen molar-refractivity contribution in [2.45, 2.75) is 6.92 Å². The molecule has 0 aliphatic carbocycles. The fourth-order valence-electron chi connectivity index (χ4n) is 3.92. The average molecular weight is 455 g/mol. The summed E-state index contributed by atoms with van der Waals surface area (Å²) in [5, 5.41) is 4.41. The van der Waals surface area contributed by atoms with Crippen molar-refractivity contribution in [1.82, 2.24) is 0 Å². The standard InChI is InChI=1S/C27H21NO6/c1-15-19-13-17(28-27(30)24-12-16-6-4-5-7-21(16)33-24)8-10-23(19)34-26(15)25(29)20-14-18(31-2)9-11-22(20)32-3/h4-14H,1-3H3,(H,28,30). The molecule has 0 saturated carbocycles. The Labute approximate surface area is 194 Å². The van der Waals surface area contributed by atoms with E-state index in [0.717, 1.165) is 5.39 Å². The molecule has 2 aromatic heterocycles. The molecular formula is C27H21NO6. The first-order chi connectivity index (χ1) is 16.5. The van der Waals surface area contributed by atoms with E-state index < -0.39 is 0 Å². The zero-order chi connectivity index (χ0) is 23.8. The van der Waals surface area contributed by atoms with E-state index in [0.29, 0.717) is 44.9 Å². The monoisotopic (exact) mass is 455 g/mol. The van der Waals surface area contributed by atoms with Crippen molar-refractivity contribution in [3.8, 4) is 11.5 Å². The van der Waals surface area contributed by atoms with Crippen LogP contribution in [0.3, 0.4) is 0 Å². The molecule has 0 atom stereocenters. The number of para-hydroxylation sites is 1. The molecule has 2 heterocycles. The molecule has 0 saturated heterocycles. The summed E-state index contributed by atoms with van der Waals surface area (Å²) in [7, 11) is 3.03. The average Bonchev–Trinajstić information content (AvgIpc) is 3.44. The molecule has 1 amide bonds. The molecule has 170 valence electrons. The molecule has 0 bridgehead atoms. The number of rotatable bonds is 6. The van der Waals surface area contributed by atoms with Crippen LogP contribution in [0.25, 0.3) is 21.9 Å². The first kappa shape index (κ1) is 21.3. The molecule has 7 heteroatoms. The number of ketones is 1. The highest BCUT2D eigenvalue weighted by Crippen LogP contribution is 2.33. The summed E-state index contributed by atoms with van der Waals surface area (Å²) in [5.74, 6) is 0.679. The van der Waals surface area contributed by atoms with Gasteiger partial charge < -0.3 is 23.6 Å². The maximum atomic E-state index is 13.3. The van der Waals surface area contributed by atoms with Gasteiger partial charge in [0.2, 0.25) is 5.78 Å². The first-order valence-corrected chi connectivity index (χ1v) is 10.6. The second kappa shape index (κ2) is 8.44. The summed E-state index contributed by atoms with van der Waals surface area (Å²) in [5.41, 5.74) is 2.72. The fourth-order valence-corrected chi connectivity index (χ4v) is 3.92. The van der Waals surface area contributed by atoms with Crippen molar-refractivity contribution in [3.05, 3.63) is 89.4 Å². The van der Waals surface area contributed by atoms with E-state index in [2.05, 4.69) is 5.32 Å². The third-order valence-electron chi connectivity index (χ3n) is 5.70. The SMILES string of the molecule is COc1ccc(OC)c(C(=O)c2oc3ccc(NC(=O)c4cc5ccccc5o4)cc3c2C)c1. The van der Waals surface area contributed by atoms with Gasteiger partial charge in [-0.1, -0.05) is 18.2 Å². The van der Waals surface area contributed by atoms with E-state index >= 15 is 0 Å². The molecule has 34 heavy (non-hydrogen) atoms. The number of benzene rings is 3. The first-order valence-electron chi connectivity index (χ1n) is 10.6. The van der Waals surface area contributed by atoms with Crippen molar-refractivity contribution in [1.29, 1.82) is 0 Å². The summed E-state index contributed by atoms with van der Waals surface area (Å²) >= 11 is 0. The third-order valence-corrected chi connectivity index (χ3v) is 5.70. The molecule has 5 aromatic rings. The number of hydrogen-bond acceptors (Lipinski definition) is 6. The van der Waals surface area contributed by atoms with Crippen molar-refractivity contribution in [2.75, 3.05) is 19.5 Å². The van der Waals surface area contributed by atoms with Crippen LogP contribution in [0.1, 0.15) is 32.2 Å². The van der Waals surface area contributed by atoms with Gasteiger partial charge in [0.15, 0.2) is 11.5 Å². The van der Waals surface area contributed by atoms with Gasteiger partial charge in [-0.15, -0.1) is 0 Å². The zero-order valence-electron chi connectivity index (χ0n) is 18.8. The smallest absolute Gasteiger partial charge is 0.291 e. The van der Waals surface area contributed by atoms with Gasteiger partial charge >= 0.3 is 0 Å². The topological polar surface area (TPSA) is 90.9 Å². The Balaban J connectivity index is 1.46. The Hall–Kier alpha value is -4.52. The fraction of sp³-hybridized carbons (Fsp3) is 0.111. The molecule has 7 nitrogen and oxygen atoms in total. The number of carbonyl (C=O) groups is 2. The van der Waals surface area contributed by atoms with Crippen molar-refractivity contribution in [2.24, 2.45) is 0 Å². The highest BCUT2D eigenvalue weighted by Gasteiger charge is 2.23. The van der Waals surface area contributed by atoms with Crippen LogP contribution in [0.15, 0.2) is 75.6 Å². The number of carbonyl (C=O) groups excluding carboxylic acids is 2. The van der Waals surface area contributed by atoms with Crippen LogP contribution >= 0.6 is 0 Å². The normalized spacial score (nSPS) is 11.0. The lowest BCUT2D eigenvalue weighted by atomic mass is 10.0. The number of hydrogen-bond donors (Lipinski definition) is 1. The van der Waals surface area contributed by atoms with E-state index in [-0.39, 0.29) is 23.2 Å². The van der Waals surface area contributed by atoms with E-state index in [1.807, 2.05) is 24.3 Å². The van der Waals surface area contributed by atoms with Gasteiger partial charge in [0.05, 0.1) is 19.8 Å². The largest absolute Gasteiger partial charge is 0.497 e. The van der Waals surface area contributed by atoms with E-state index in [1.165, 1.54) is 14.2 Å². The summed E-state index contributed by atoms with van der Waals surface area (Å²) < 4.78 is 22.1. The number of fused-ring (bicyclic) bond motifs is 2. The molecule has 0 radical (unpaired) electrons. The molecule has 1 N–H and O–H groups in total. The van der Waals surface area contributed by atoms with Gasteiger partial charge in [0, 0.05) is 22.0 Å². The van der Waals surface area contributed by atoms with Crippen LogP contribution in [0.5, 0.6) is 11.5 Å². The second-order valence-corrected chi connectivity index (χ2v) is 7.77. The minimum atomic E-state index is -0.367. The number of nitrogens with one attached hydrogen (secondary N) is 1. The van der Waals surface area contributed by atoms with Crippen LogP contribution in [0.4, 0.5) is 5.69 Å². The number of furan rings is 2. The van der Waals surface area contributed by atoms with E-state index in [9.17, 15) is 9.59 Å².